The van der Waals surface area contributed by atoms with Crippen LogP contribution in [0.4, 0.5) is 0 Å². The SMILES string of the molecule is CC1=CC(=O)C(Cl)=CC1=NOC=CC(Cl)Cl. The van der Waals surface area contributed by atoms with Crippen molar-refractivity contribution in [2.75, 3.05) is 0 Å². The molecule has 0 heterocycles. The van der Waals surface area contributed by atoms with Gasteiger partial charge >= 0.3 is 0 Å². The van der Waals surface area contributed by atoms with Crippen molar-refractivity contribution in [2.45, 2.75) is 11.8 Å². The summed E-state index contributed by atoms with van der Waals surface area (Å²) in [6, 6.07) is 0. The molecule has 0 fully saturated rings. The van der Waals surface area contributed by atoms with E-state index in [2.05, 4.69) is 5.16 Å². The smallest absolute Gasteiger partial charge is 0.197 e. The first-order chi connectivity index (χ1) is 7.50. The van der Waals surface area contributed by atoms with Crippen molar-refractivity contribution in [1.29, 1.82) is 0 Å². The van der Waals surface area contributed by atoms with Crippen LogP contribution in [0.5, 0.6) is 0 Å². The minimum absolute atomic E-state index is 0.101. The third kappa shape index (κ3) is 4.00. The van der Waals surface area contributed by atoms with E-state index in [1.54, 1.807) is 6.92 Å². The topological polar surface area (TPSA) is 38.7 Å². The zero-order chi connectivity index (χ0) is 12.1. The lowest BCUT2D eigenvalue weighted by Gasteiger charge is -2.06. The Morgan fingerprint density at radius 1 is 1.44 bits per heavy atom. The summed E-state index contributed by atoms with van der Waals surface area (Å²) >= 11 is 16.5. The van der Waals surface area contributed by atoms with E-state index in [9.17, 15) is 4.79 Å². The average Bonchev–Trinajstić information content (AvgIpc) is 2.19. The Hall–Kier alpha value is -0.770. The summed E-state index contributed by atoms with van der Waals surface area (Å²) < 4.78 is 0. The van der Waals surface area contributed by atoms with Crippen LogP contribution in [0.1, 0.15) is 6.92 Å². The number of carbonyl (C=O) groups excluding carboxylic acids is 1. The summed E-state index contributed by atoms with van der Waals surface area (Å²) in [6.45, 7) is 1.73. The maximum atomic E-state index is 11.1. The Morgan fingerprint density at radius 3 is 2.75 bits per heavy atom. The van der Waals surface area contributed by atoms with Crippen LogP contribution < -0.4 is 0 Å². The molecule has 1 aliphatic rings. The molecule has 0 aliphatic heterocycles. The fraction of sp³-hybridized carbons (Fsp3) is 0.200. The second kappa shape index (κ2) is 6.09. The molecule has 0 saturated heterocycles. The highest BCUT2D eigenvalue weighted by atomic mass is 35.5. The van der Waals surface area contributed by atoms with Gasteiger partial charge in [-0.1, -0.05) is 16.8 Å². The molecule has 0 aromatic heterocycles. The number of allylic oxidation sites excluding steroid dienone is 5. The Balaban J connectivity index is 2.70. The molecule has 0 amide bonds. The van der Waals surface area contributed by atoms with E-state index in [1.807, 2.05) is 0 Å². The summed E-state index contributed by atoms with van der Waals surface area (Å²) in [7, 11) is 0. The third-order valence-electron chi connectivity index (χ3n) is 1.69. The van der Waals surface area contributed by atoms with Crippen LogP contribution in [-0.4, -0.2) is 16.3 Å². The van der Waals surface area contributed by atoms with Crippen LogP contribution in [0.15, 0.2) is 40.3 Å². The molecule has 6 heteroatoms. The standard InChI is InChI=1S/C10H8Cl3NO2/c1-6-4-9(15)7(11)5-8(6)14-16-3-2-10(12)13/h2-5,10H,1H3. The lowest BCUT2D eigenvalue weighted by atomic mass is 10.1. The van der Waals surface area contributed by atoms with Crippen molar-refractivity contribution in [3.8, 4) is 0 Å². The quantitative estimate of drug-likeness (QED) is 0.344. The van der Waals surface area contributed by atoms with E-state index in [4.69, 9.17) is 39.6 Å². The van der Waals surface area contributed by atoms with Crippen LogP contribution in [0.25, 0.3) is 0 Å². The van der Waals surface area contributed by atoms with Gasteiger partial charge in [-0.3, -0.25) is 4.79 Å². The summed E-state index contributed by atoms with van der Waals surface area (Å²) in [5.41, 5.74) is 1.16. The molecule has 0 bridgehead atoms. The highest BCUT2D eigenvalue weighted by molar-refractivity contribution is 6.47. The van der Waals surface area contributed by atoms with Crippen molar-refractivity contribution < 1.29 is 9.63 Å². The van der Waals surface area contributed by atoms with Crippen molar-refractivity contribution in [2.24, 2.45) is 5.16 Å². The molecule has 0 aromatic carbocycles. The van der Waals surface area contributed by atoms with Crippen molar-refractivity contribution in [1.82, 2.24) is 0 Å². The van der Waals surface area contributed by atoms with Gasteiger partial charge in [-0.15, -0.1) is 23.2 Å². The molecule has 0 spiro atoms. The number of oxime groups is 1. The van der Waals surface area contributed by atoms with Gasteiger partial charge in [0.25, 0.3) is 0 Å². The number of hydrogen-bond donors (Lipinski definition) is 0. The summed E-state index contributed by atoms with van der Waals surface area (Å²) in [6.07, 6.45) is 5.49. The third-order valence-corrected chi connectivity index (χ3v) is 2.27. The highest BCUT2D eigenvalue weighted by Crippen LogP contribution is 2.15. The summed E-state index contributed by atoms with van der Waals surface area (Å²) in [5.74, 6) is -0.241. The van der Waals surface area contributed by atoms with Gasteiger partial charge in [-0.25, -0.2) is 0 Å². The lowest BCUT2D eigenvalue weighted by Crippen LogP contribution is -2.08. The number of hydrogen-bond acceptors (Lipinski definition) is 3. The fourth-order valence-electron chi connectivity index (χ4n) is 0.925. The van der Waals surface area contributed by atoms with Gasteiger partial charge in [0.1, 0.15) is 16.8 Å². The molecular formula is C10H8Cl3NO2. The number of nitrogens with zero attached hydrogens (tertiary/aromatic N) is 1. The zero-order valence-corrected chi connectivity index (χ0v) is 10.6. The first-order valence-corrected chi connectivity index (χ1v) is 5.54. The molecule has 0 aromatic rings. The van der Waals surface area contributed by atoms with Crippen molar-refractivity contribution >= 4 is 46.3 Å². The van der Waals surface area contributed by atoms with E-state index in [0.717, 1.165) is 0 Å². The van der Waals surface area contributed by atoms with E-state index in [0.29, 0.717) is 11.3 Å². The van der Waals surface area contributed by atoms with Gasteiger partial charge in [0, 0.05) is 0 Å². The maximum Gasteiger partial charge on any atom is 0.197 e. The monoisotopic (exact) mass is 279 g/mol. The molecule has 16 heavy (non-hydrogen) atoms. The first-order valence-electron chi connectivity index (χ1n) is 4.29. The normalized spacial score (nSPS) is 19.3. The van der Waals surface area contributed by atoms with Crippen molar-refractivity contribution in [3.63, 3.8) is 0 Å². The van der Waals surface area contributed by atoms with Gasteiger partial charge in [0.05, 0.1) is 5.03 Å². The van der Waals surface area contributed by atoms with Crippen molar-refractivity contribution in [3.05, 3.63) is 35.1 Å². The molecule has 0 unspecified atom stereocenters. The summed E-state index contributed by atoms with van der Waals surface area (Å²) in [4.78, 5) is 15.3. The maximum absolute atomic E-state index is 11.1. The molecule has 0 atom stereocenters. The molecule has 1 rings (SSSR count). The highest BCUT2D eigenvalue weighted by Gasteiger charge is 2.14. The molecule has 0 N–H and O–H groups in total. The van der Waals surface area contributed by atoms with Crippen LogP contribution in [-0.2, 0) is 9.63 Å². The predicted octanol–water partition coefficient (Wildman–Crippen LogP) is 3.33. The summed E-state index contributed by atoms with van der Waals surface area (Å²) in [5, 5.41) is 3.85. The number of carbonyl (C=O) groups is 1. The lowest BCUT2D eigenvalue weighted by molar-refractivity contribution is -0.110. The largest absolute Gasteiger partial charge is 0.364 e. The number of alkyl halides is 2. The Labute approximate surface area is 108 Å². The molecule has 3 nitrogen and oxygen atoms in total. The van der Waals surface area contributed by atoms with Crippen LogP contribution >= 0.6 is 34.8 Å². The van der Waals surface area contributed by atoms with Gasteiger partial charge in [0.2, 0.25) is 0 Å². The first kappa shape index (κ1) is 13.3. The second-order valence-electron chi connectivity index (χ2n) is 2.93. The number of ketones is 1. The molecular weight excluding hydrogens is 272 g/mol. The minimum atomic E-state index is -0.649. The van der Waals surface area contributed by atoms with Crippen LogP contribution in [0.3, 0.4) is 0 Å². The fourth-order valence-corrected chi connectivity index (χ4v) is 1.20. The van der Waals surface area contributed by atoms with Gasteiger partial charge < -0.3 is 4.84 Å². The molecule has 0 radical (unpaired) electrons. The Morgan fingerprint density at radius 2 is 2.12 bits per heavy atom. The van der Waals surface area contributed by atoms with Gasteiger partial charge in [-0.2, -0.15) is 0 Å². The molecule has 0 saturated carbocycles. The van der Waals surface area contributed by atoms with E-state index in [-0.39, 0.29) is 10.8 Å². The van der Waals surface area contributed by atoms with Crippen LogP contribution in [0, 0.1) is 0 Å². The zero-order valence-electron chi connectivity index (χ0n) is 8.28. The predicted molar refractivity (Wildman–Crippen MR) is 65.9 cm³/mol. The minimum Gasteiger partial charge on any atom is -0.364 e. The van der Waals surface area contributed by atoms with E-state index < -0.39 is 4.84 Å². The second-order valence-corrected chi connectivity index (χ2v) is 4.50. The van der Waals surface area contributed by atoms with Crippen LogP contribution in [0.2, 0.25) is 0 Å². The molecule has 86 valence electrons. The number of rotatable bonds is 3. The Kier molecular flexibility index (Phi) is 5.06. The van der Waals surface area contributed by atoms with Gasteiger partial charge in [-0.05, 0) is 30.7 Å². The average molecular weight is 281 g/mol. The molecule has 1 aliphatic carbocycles. The number of halogens is 3. The van der Waals surface area contributed by atoms with E-state index >= 15 is 0 Å². The van der Waals surface area contributed by atoms with E-state index in [1.165, 1.54) is 24.5 Å². The Bertz CT molecular complexity index is 408. The van der Waals surface area contributed by atoms with Gasteiger partial charge in [0.15, 0.2) is 5.78 Å².